The number of fused-ring (bicyclic) bond motifs is 1. The molecule has 0 aromatic rings. The van der Waals surface area contributed by atoms with E-state index in [4.69, 9.17) is 4.74 Å². The summed E-state index contributed by atoms with van der Waals surface area (Å²) in [6, 6.07) is 0.790. The highest BCUT2D eigenvalue weighted by atomic mass is 16.5. The molecular formula is C20H36N4O2. The van der Waals surface area contributed by atoms with Crippen molar-refractivity contribution < 1.29 is 9.53 Å². The van der Waals surface area contributed by atoms with Crippen LogP contribution in [0, 0.1) is 17.3 Å². The number of carbonyl (C=O) groups is 1. The van der Waals surface area contributed by atoms with Gasteiger partial charge in [0.15, 0.2) is 5.96 Å². The van der Waals surface area contributed by atoms with Gasteiger partial charge in [-0.05, 0) is 26.2 Å². The highest BCUT2D eigenvalue weighted by Crippen LogP contribution is 2.52. The van der Waals surface area contributed by atoms with E-state index in [2.05, 4.69) is 36.4 Å². The maximum absolute atomic E-state index is 12.2. The van der Waals surface area contributed by atoms with Crippen LogP contribution in [0.4, 0.5) is 0 Å². The van der Waals surface area contributed by atoms with E-state index in [0.717, 1.165) is 51.5 Å². The standard InChI is InChI=1S/C20H36N4O2/c1-6-21-19(23-16-15-9-12-26-17(15)20(16,4)5)22-14-7-10-24(11-8-14)18(25)13(2)3/h13-17H,6-12H2,1-5H3,(H2,21,22,23). The van der Waals surface area contributed by atoms with Gasteiger partial charge in [-0.1, -0.05) is 27.7 Å². The quantitative estimate of drug-likeness (QED) is 0.591. The molecule has 2 N–H and O–H groups in total. The molecule has 2 aliphatic heterocycles. The van der Waals surface area contributed by atoms with Crippen LogP contribution in [0.5, 0.6) is 0 Å². The fraction of sp³-hybridized carbons (Fsp3) is 0.900. The first-order valence-corrected chi connectivity index (χ1v) is 10.3. The molecule has 3 unspecified atom stereocenters. The second-order valence-electron chi connectivity index (χ2n) is 8.91. The van der Waals surface area contributed by atoms with E-state index in [1.165, 1.54) is 0 Å². The molecule has 148 valence electrons. The zero-order chi connectivity index (χ0) is 18.9. The Hall–Kier alpha value is -1.30. The summed E-state index contributed by atoms with van der Waals surface area (Å²) in [4.78, 5) is 18.8. The Kier molecular flexibility index (Phi) is 5.80. The van der Waals surface area contributed by atoms with Crippen LogP contribution in [0.25, 0.3) is 0 Å². The predicted octanol–water partition coefficient (Wildman–Crippen LogP) is 2.00. The average molecular weight is 365 g/mol. The maximum atomic E-state index is 12.2. The first-order valence-electron chi connectivity index (χ1n) is 10.3. The number of aliphatic imine (C=N–C) groups is 1. The minimum atomic E-state index is 0.0841. The maximum Gasteiger partial charge on any atom is 0.225 e. The molecule has 1 aliphatic carbocycles. The number of likely N-dealkylation sites (tertiary alicyclic amines) is 1. The van der Waals surface area contributed by atoms with Gasteiger partial charge >= 0.3 is 0 Å². The third-order valence-electron chi connectivity index (χ3n) is 6.35. The summed E-state index contributed by atoms with van der Waals surface area (Å²) in [7, 11) is 0. The van der Waals surface area contributed by atoms with Gasteiger partial charge in [-0.15, -0.1) is 0 Å². The molecule has 0 spiro atoms. The minimum Gasteiger partial charge on any atom is -0.377 e. The van der Waals surface area contributed by atoms with Crippen LogP contribution in [0.1, 0.15) is 53.9 Å². The molecule has 0 bridgehead atoms. The highest BCUT2D eigenvalue weighted by Gasteiger charge is 2.59. The summed E-state index contributed by atoms with van der Waals surface area (Å²) in [6.07, 6.45) is 3.48. The van der Waals surface area contributed by atoms with Crippen LogP contribution in [0.15, 0.2) is 4.99 Å². The lowest BCUT2D eigenvalue weighted by Crippen LogP contribution is -2.68. The zero-order valence-corrected chi connectivity index (χ0v) is 17.0. The lowest BCUT2D eigenvalue weighted by molar-refractivity contribution is -0.135. The molecule has 3 fully saturated rings. The molecule has 6 nitrogen and oxygen atoms in total. The van der Waals surface area contributed by atoms with Crippen LogP contribution in [0.2, 0.25) is 0 Å². The Morgan fingerprint density at radius 2 is 1.92 bits per heavy atom. The van der Waals surface area contributed by atoms with Gasteiger partial charge in [0.05, 0.1) is 6.10 Å². The predicted molar refractivity (Wildman–Crippen MR) is 104 cm³/mol. The molecule has 0 radical (unpaired) electrons. The summed E-state index contributed by atoms with van der Waals surface area (Å²) in [6.45, 7) is 13.9. The SMILES string of the molecule is CCN=C(NC1CCN(C(=O)C(C)C)CC1)NC1C2CCOC2C1(C)C. The third-order valence-corrected chi connectivity index (χ3v) is 6.35. The summed E-state index contributed by atoms with van der Waals surface area (Å²) < 4.78 is 5.90. The fourth-order valence-electron chi connectivity index (χ4n) is 4.86. The van der Waals surface area contributed by atoms with E-state index in [0.29, 0.717) is 24.1 Å². The van der Waals surface area contributed by atoms with Gasteiger partial charge in [-0.2, -0.15) is 0 Å². The molecule has 3 rings (SSSR count). The smallest absolute Gasteiger partial charge is 0.225 e. The normalized spacial score (nSPS) is 31.5. The summed E-state index contributed by atoms with van der Waals surface area (Å²) >= 11 is 0. The zero-order valence-electron chi connectivity index (χ0n) is 17.0. The topological polar surface area (TPSA) is 66.0 Å². The molecule has 0 aromatic carbocycles. The van der Waals surface area contributed by atoms with Crippen molar-refractivity contribution in [3.05, 3.63) is 0 Å². The van der Waals surface area contributed by atoms with Crippen molar-refractivity contribution in [1.29, 1.82) is 0 Å². The Morgan fingerprint density at radius 1 is 1.23 bits per heavy atom. The Morgan fingerprint density at radius 3 is 2.54 bits per heavy atom. The first-order chi connectivity index (χ1) is 12.3. The van der Waals surface area contributed by atoms with Crippen molar-refractivity contribution >= 4 is 11.9 Å². The summed E-state index contributed by atoms with van der Waals surface area (Å²) in [5.41, 5.74) is 0.143. The lowest BCUT2D eigenvalue weighted by Gasteiger charge is -2.55. The van der Waals surface area contributed by atoms with Gasteiger partial charge in [0.1, 0.15) is 0 Å². The molecule has 0 aromatic heterocycles. The van der Waals surface area contributed by atoms with E-state index in [-0.39, 0.29) is 17.2 Å². The van der Waals surface area contributed by atoms with Crippen LogP contribution >= 0.6 is 0 Å². The molecule has 2 heterocycles. The number of carbonyl (C=O) groups excluding carboxylic acids is 1. The number of guanidine groups is 1. The number of piperidine rings is 1. The number of hydrogen-bond donors (Lipinski definition) is 2. The second-order valence-corrected chi connectivity index (χ2v) is 8.91. The molecule has 3 atom stereocenters. The Balaban J connectivity index is 1.54. The van der Waals surface area contributed by atoms with Crippen molar-refractivity contribution in [2.24, 2.45) is 22.2 Å². The van der Waals surface area contributed by atoms with Crippen LogP contribution in [-0.4, -0.2) is 61.2 Å². The number of hydrogen-bond acceptors (Lipinski definition) is 3. The van der Waals surface area contributed by atoms with Crippen molar-refractivity contribution in [2.75, 3.05) is 26.2 Å². The molecule has 1 amide bonds. The first kappa shape index (κ1) is 19.5. The summed E-state index contributed by atoms with van der Waals surface area (Å²) in [5.74, 6) is 1.87. The molecule has 1 saturated carbocycles. The van der Waals surface area contributed by atoms with Gasteiger partial charge < -0.3 is 20.3 Å². The molecule has 3 aliphatic rings. The minimum absolute atomic E-state index is 0.0841. The highest BCUT2D eigenvalue weighted by molar-refractivity contribution is 5.81. The molecule has 6 heteroatoms. The number of ether oxygens (including phenoxy) is 1. The second kappa shape index (κ2) is 7.75. The monoisotopic (exact) mass is 364 g/mol. The number of nitrogens with zero attached hydrogens (tertiary/aromatic N) is 2. The van der Waals surface area contributed by atoms with E-state index in [1.54, 1.807) is 0 Å². The van der Waals surface area contributed by atoms with Crippen molar-refractivity contribution in [2.45, 2.75) is 72.1 Å². The van der Waals surface area contributed by atoms with E-state index < -0.39 is 0 Å². The van der Waals surface area contributed by atoms with Crippen LogP contribution < -0.4 is 10.6 Å². The van der Waals surface area contributed by atoms with Crippen LogP contribution in [-0.2, 0) is 9.53 Å². The molecule has 26 heavy (non-hydrogen) atoms. The van der Waals surface area contributed by atoms with Crippen molar-refractivity contribution in [1.82, 2.24) is 15.5 Å². The van der Waals surface area contributed by atoms with Crippen molar-refractivity contribution in [3.63, 3.8) is 0 Å². The van der Waals surface area contributed by atoms with Gasteiger partial charge in [-0.25, -0.2) is 0 Å². The van der Waals surface area contributed by atoms with Gasteiger partial charge in [-0.3, -0.25) is 9.79 Å². The summed E-state index contributed by atoms with van der Waals surface area (Å²) in [5, 5.41) is 7.32. The number of nitrogens with one attached hydrogen (secondary N) is 2. The lowest BCUT2D eigenvalue weighted by atomic mass is 9.57. The number of rotatable bonds is 4. The Labute approximate surface area is 158 Å². The largest absolute Gasteiger partial charge is 0.377 e. The van der Waals surface area contributed by atoms with Crippen LogP contribution in [0.3, 0.4) is 0 Å². The molecule has 2 saturated heterocycles. The van der Waals surface area contributed by atoms with Gasteiger partial charge in [0.2, 0.25) is 5.91 Å². The van der Waals surface area contributed by atoms with Gasteiger partial charge in [0.25, 0.3) is 0 Å². The number of amides is 1. The van der Waals surface area contributed by atoms with E-state index in [9.17, 15) is 4.79 Å². The molecular weight excluding hydrogens is 328 g/mol. The third kappa shape index (κ3) is 3.71. The fourth-order valence-corrected chi connectivity index (χ4v) is 4.86. The van der Waals surface area contributed by atoms with E-state index >= 15 is 0 Å². The average Bonchev–Trinajstić information content (AvgIpc) is 3.07. The van der Waals surface area contributed by atoms with E-state index in [1.807, 2.05) is 18.7 Å². The van der Waals surface area contributed by atoms with Crippen molar-refractivity contribution in [3.8, 4) is 0 Å². The van der Waals surface area contributed by atoms with Gasteiger partial charge in [0, 0.05) is 55.6 Å². The Bertz CT molecular complexity index is 538.